The summed E-state index contributed by atoms with van der Waals surface area (Å²) in [5, 5.41) is 0. The van der Waals surface area contributed by atoms with Crippen molar-refractivity contribution in [1.82, 2.24) is 4.90 Å². The molecule has 27 heavy (non-hydrogen) atoms. The summed E-state index contributed by atoms with van der Waals surface area (Å²) < 4.78 is 5.13. The molecule has 0 amide bonds. The highest BCUT2D eigenvalue weighted by Crippen LogP contribution is 2.55. The zero-order valence-corrected chi connectivity index (χ0v) is 16.3. The van der Waals surface area contributed by atoms with Crippen molar-refractivity contribution in [2.75, 3.05) is 7.11 Å². The number of hydrogen-bond donors (Lipinski definition) is 0. The summed E-state index contributed by atoms with van der Waals surface area (Å²) in [5.41, 5.74) is 2.71. The number of benzene rings is 2. The summed E-state index contributed by atoms with van der Waals surface area (Å²) in [6.07, 6.45) is 4.52. The van der Waals surface area contributed by atoms with Crippen molar-refractivity contribution in [2.45, 2.75) is 56.7 Å². The van der Waals surface area contributed by atoms with Crippen LogP contribution in [0.25, 0.3) is 0 Å². The molecule has 0 aromatic heterocycles. The van der Waals surface area contributed by atoms with Gasteiger partial charge in [0.25, 0.3) is 0 Å². The molecular weight excluding hydrogens is 334 g/mol. The van der Waals surface area contributed by atoms with E-state index in [0.717, 1.165) is 19.4 Å². The minimum atomic E-state index is -0.0734. The van der Waals surface area contributed by atoms with Crippen molar-refractivity contribution in [3.05, 3.63) is 71.8 Å². The number of nitrogens with zero attached hydrogens (tertiary/aromatic N) is 1. The zero-order valence-electron chi connectivity index (χ0n) is 16.3. The maximum absolute atomic E-state index is 12.4. The molecule has 3 atom stereocenters. The van der Waals surface area contributed by atoms with Crippen LogP contribution in [0.2, 0.25) is 0 Å². The molecule has 0 N–H and O–H groups in total. The zero-order chi connectivity index (χ0) is 18.9. The van der Waals surface area contributed by atoms with E-state index in [0.29, 0.717) is 11.8 Å². The smallest absolute Gasteiger partial charge is 0.325 e. The predicted octanol–water partition coefficient (Wildman–Crippen LogP) is 4.78. The maximum Gasteiger partial charge on any atom is 0.325 e. The Morgan fingerprint density at radius 1 is 1.07 bits per heavy atom. The molecule has 2 fully saturated rings. The molecule has 3 nitrogen and oxygen atoms in total. The molecular formula is C24H29NO2. The molecule has 2 aliphatic rings. The van der Waals surface area contributed by atoms with Crippen molar-refractivity contribution in [1.29, 1.82) is 0 Å². The van der Waals surface area contributed by atoms with Crippen LogP contribution in [0.15, 0.2) is 60.7 Å². The van der Waals surface area contributed by atoms with E-state index < -0.39 is 0 Å². The molecule has 1 spiro atoms. The number of carbonyl (C=O) groups excluding carboxylic acids is 1. The Kier molecular flexibility index (Phi) is 5.05. The molecule has 1 aliphatic heterocycles. The fourth-order valence-corrected chi connectivity index (χ4v) is 5.15. The average Bonchev–Trinajstić information content (AvgIpc) is 3.33. The molecule has 4 rings (SSSR count). The first-order chi connectivity index (χ1) is 13.2. The van der Waals surface area contributed by atoms with Gasteiger partial charge in [0.05, 0.1) is 7.11 Å². The lowest BCUT2D eigenvalue weighted by molar-refractivity contribution is -0.141. The van der Waals surface area contributed by atoms with Gasteiger partial charge in [-0.15, -0.1) is 0 Å². The van der Waals surface area contributed by atoms with E-state index in [1.54, 1.807) is 0 Å². The van der Waals surface area contributed by atoms with E-state index in [4.69, 9.17) is 4.74 Å². The Hall–Kier alpha value is -2.13. The van der Waals surface area contributed by atoms with Gasteiger partial charge in [-0.05, 0) is 48.6 Å². The minimum absolute atomic E-state index is 0.00976. The van der Waals surface area contributed by atoms with Gasteiger partial charge in [0.15, 0.2) is 0 Å². The summed E-state index contributed by atoms with van der Waals surface area (Å²) in [6, 6.07) is 21.2. The highest BCUT2D eigenvalue weighted by Gasteiger charge is 2.66. The van der Waals surface area contributed by atoms with Crippen LogP contribution < -0.4 is 0 Å². The fraction of sp³-hybridized carbons (Fsp3) is 0.458. The van der Waals surface area contributed by atoms with E-state index >= 15 is 0 Å². The van der Waals surface area contributed by atoms with Gasteiger partial charge in [0.2, 0.25) is 0 Å². The normalized spacial score (nSPS) is 30.7. The largest absolute Gasteiger partial charge is 0.468 e. The second kappa shape index (κ2) is 7.47. The maximum atomic E-state index is 12.4. The SMILES string of the molecule is COC(=O)C1N(Cc2ccccc2)C12CCC(C(C)c1ccccc1)CC2. The molecule has 1 heterocycles. The molecule has 1 aliphatic carbocycles. The highest BCUT2D eigenvalue weighted by atomic mass is 16.5. The van der Waals surface area contributed by atoms with Gasteiger partial charge in [0.1, 0.15) is 6.04 Å². The lowest BCUT2D eigenvalue weighted by Crippen LogP contribution is -2.30. The summed E-state index contributed by atoms with van der Waals surface area (Å²) in [4.78, 5) is 14.8. The summed E-state index contributed by atoms with van der Waals surface area (Å²) >= 11 is 0. The van der Waals surface area contributed by atoms with Gasteiger partial charge < -0.3 is 4.74 Å². The van der Waals surface area contributed by atoms with Crippen LogP contribution in [0.4, 0.5) is 0 Å². The van der Waals surface area contributed by atoms with Crippen molar-refractivity contribution >= 4 is 5.97 Å². The van der Waals surface area contributed by atoms with E-state index in [1.807, 2.05) is 6.07 Å². The first kappa shape index (κ1) is 18.2. The van der Waals surface area contributed by atoms with Gasteiger partial charge in [0, 0.05) is 12.1 Å². The molecule has 2 aromatic carbocycles. The third-order valence-electron chi connectivity index (χ3n) is 6.87. The molecule has 0 radical (unpaired) electrons. The number of ether oxygens (including phenoxy) is 1. The van der Waals surface area contributed by atoms with Crippen molar-refractivity contribution < 1.29 is 9.53 Å². The molecule has 0 bridgehead atoms. The van der Waals surface area contributed by atoms with Crippen LogP contribution in [-0.4, -0.2) is 29.6 Å². The van der Waals surface area contributed by atoms with Gasteiger partial charge >= 0.3 is 5.97 Å². The van der Waals surface area contributed by atoms with Crippen LogP contribution in [-0.2, 0) is 16.1 Å². The number of methoxy groups -OCH3 is 1. The Morgan fingerprint density at radius 2 is 1.67 bits per heavy atom. The first-order valence-corrected chi connectivity index (χ1v) is 10.1. The monoisotopic (exact) mass is 363 g/mol. The fourth-order valence-electron chi connectivity index (χ4n) is 5.15. The summed E-state index contributed by atoms with van der Waals surface area (Å²) in [6.45, 7) is 3.18. The minimum Gasteiger partial charge on any atom is -0.468 e. The van der Waals surface area contributed by atoms with Crippen LogP contribution in [0, 0.1) is 5.92 Å². The molecule has 2 aromatic rings. The summed E-state index contributed by atoms with van der Waals surface area (Å²) in [7, 11) is 1.51. The van der Waals surface area contributed by atoms with Crippen LogP contribution >= 0.6 is 0 Å². The predicted molar refractivity (Wildman–Crippen MR) is 107 cm³/mol. The van der Waals surface area contributed by atoms with Crippen LogP contribution in [0.1, 0.15) is 49.7 Å². The Morgan fingerprint density at radius 3 is 2.26 bits per heavy atom. The van der Waals surface area contributed by atoms with Crippen molar-refractivity contribution in [3.8, 4) is 0 Å². The van der Waals surface area contributed by atoms with E-state index in [-0.39, 0.29) is 17.6 Å². The van der Waals surface area contributed by atoms with Crippen LogP contribution in [0.3, 0.4) is 0 Å². The number of esters is 1. The Bertz CT molecular complexity index is 765. The summed E-state index contributed by atoms with van der Waals surface area (Å²) in [5.74, 6) is 1.19. The molecule has 142 valence electrons. The first-order valence-electron chi connectivity index (χ1n) is 10.1. The molecule has 1 saturated carbocycles. The number of rotatable bonds is 5. The van der Waals surface area contributed by atoms with Gasteiger partial charge in [-0.25, -0.2) is 0 Å². The second-order valence-electron chi connectivity index (χ2n) is 8.18. The van der Waals surface area contributed by atoms with Crippen molar-refractivity contribution in [3.63, 3.8) is 0 Å². The topological polar surface area (TPSA) is 29.3 Å². The molecule has 1 saturated heterocycles. The number of hydrogen-bond acceptors (Lipinski definition) is 3. The lowest BCUT2D eigenvalue weighted by Gasteiger charge is -2.33. The quantitative estimate of drug-likeness (QED) is 0.566. The van der Waals surface area contributed by atoms with E-state index in [9.17, 15) is 4.79 Å². The Balaban J connectivity index is 1.45. The molecule has 3 heteroatoms. The van der Waals surface area contributed by atoms with E-state index in [2.05, 4.69) is 66.4 Å². The van der Waals surface area contributed by atoms with Gasteiger partial charge in [-0.1, -0.05) is 67.6 Å². The second-order valence-corrected chi connectivity index (χ2v) is 8.18. The standard InChI is InChI=1S/C24H29NO2/c1-18(20-11-7-4-8-12-20)21-13-15-24(16-14-21)22(23(26)27-2)25(24)17-19-9-5-3-6-10-19/h3-12,18,21-22H,13-17H2,1-2H3. The third kappa shape index (κ3) is 3.41. The van der Waals surface area contributed by atoms with Crippen LogP contribution in [0.5, 0.6) is 0 Å². The Labute approximate surface area is 162 Å². The van der Waals surface area contributed by atoms with Gasteiger partial charge in [-0.3, -0.25) is 9.69 Å². The highest BCUT2D eigenvalue weighted by molar-refractivity contribution is 5.82. The third-order valence-corrected chi connectivity index (χ3v) is 6.87. The van der Waals surface area contributed by atoms with E-state index in [1.165, 1.54) is 31.1 Å². The van der Waals surface area contributed by atoms with Gasteiger partial charge in [-0.2, -0.15) is 0 Å². The average molecular weight is 364 g/mol. The lowest BCUT2D eigenvalue weighted by atomic mass is 9.73. The van der Waals surface area contributed by atoms with Crippen molar-refractivity contribution in [2.24, 2.45) is 5.92 Å². The molecule has 3 unspecified atom stereocenters. The number of carbonyl (C=O) groups is 1.